The minimum Gasteiger partial charge on any atom is -0.465 e. The second-order valence-electron chi connectivity index (χ2n) is 6.67. The molecule has 0 aromatic heterocycles. The summed E-state index contributed by atoms with van der Waals surface area (Å²) in [6.45, 7) is 4.15. The Labute approximate surface area is 169 Å². The summed E-state index contributed by atoms with van der Waals surface area (Å²) in [5.41, 5.74) is 0.650. The number of esters is 1. The molecule has 4 nitrogen and oxygen atoms in total. The van der Waals surface area contributed by atoms with Gasteiger partial charge in [-0.25, -0.2) is 0 Å². The fourth-order valence-electron chi connectivity index (χ4n) is 3.12. The van der Waals surface area contributed by atoms with Crippen molar-refractivity contribution >= 4 is 5.97 Å². The summed E-state index contributed by atoms with van der Waals surface area (Å²) in [5, 5.41) is 0. The zero-order valence-electron chi connectivity index (χ0n) is 16.8. The van der Waals surface area contributed by atoms with E-state index in [1.54, 1.807) is 13.0 Å². The van der Waals surface area contributed by atoms with Gasteiger partial charge in [0, 0.05) is 19.7 Å². The van der Waals surface area contributed by atoms with Gasteiger partial charge in [0.05, 0.1) is 24.8 Å². The van der Waals surface area contributed by atoms with E-state index in [0.29, 0.717) is 5.56 Å². The topological polar surface area (TPSA) is 38.8 Å². The Morgan fingerprint density at radius 1 is 1.07 bits per heavy atom. The van der Waals surface area contributed by atoms with Crippen molar-refractivity contribution in [1.29, 1.82) is 0 Å². The van der Waals surface area contributed by atoms with Crippen LogP contribution >= 0.6 is 0 Å². The molecular formula is C22H26F3NO3. The molecule has 2 aromatic carbocycles. The van der Waals surface area contributed by atoms with Crippen LogP contribution in [0.1, 0.15) is 42.7 Å². The first-order valence-electron chi connectivity index (χ1n) is 9.40. The largest absolute Gasteiger partial charge is 0.465 e. The maximum Gasteiger partial charge on any atom is 0.416 e. The van der Waals surface area contributed by atoms with Crippen LogP contribution in [0.5, 0.6) is 0 Å². The summed E-state index contributed by atoms with van der Waals surface area (Å²) in [7, 11) is 1.45. The lowest BCUT2D eigenvalue weighted by atomic mass is 10.0. The highest BCUT2D eigenvalue weighted by Crippen LogP contribution is 2.32. The maximum atomic E-state index is 13.1. The normalized spacial score (nSPS) is 13.9. The predicted octanol–water partition coefficient (Wildman–Crippen LogP) is 5.02. The number of halogens is 3. The molecule has 2 aromatic rings. The summed E-state index contributed by atoms with van der Waals surface area (Å²) in [6, 6.07) is 14.5. The van der Waals surface area contributed by atoms with Gasteiger partial charge in [-0.15, -0.1) is 0 Å². The zero-order valence-corrected chi connectivity index (χ0v) is 16.8. The Kier molecular flexibility index (Phi) is 8.22. The molecule has 0 amide bonds. The highest BCUT2D eigenvalue weighted by molar-refractivity contribution is 5.71. The van der Waals surface area contributed by atoms with Crippen molar-refractivity contribution in [1.82, 2.24) is 4.90 Å². The number of hydrogen-bond donors (Lipinski definition) is 0. The van der Waals surface area contributed by atoms with Crippen LogP contribution < -0.4 is 0 Å². The van der Waals surface area contributed by atoms with Gasteiger partial charge in [-0.05, 0) is 37.1 Å². The van der Waals surface area contributed by atoms with Crippen LogP contribution in [0, 0.1) is 0 Å². The predicted molar refractivity (Wildman–Crippen MR) is 104 cm³/mol. The molecule has 0 fully saturated rings. The van der Waals surface area contributed by atoms with Crippen molar-refractivity contribution in [3.05, 3.63) is 71.3 Å². The molecule has 1 unspecified atom stereocenters. The van der Waals surface area contributed by atoms with Crippen molar-refractivity contribution in [3.63, 3.8) is 0 Å². The molecule has 2 atom stereocenters. The highest BCUT2D eigenvalue weighted by Gasteiger charge is 2.31. The van der Waals surface area contributed by atoms with Crippen molar-refractivity contribution in [3.8, 4) is 0 Å². The molecule has 0 saturated heterocycles. The smallest absolute Gasteiger partial charge is 0.416 e. The van der Waals surface area contributed by atoms with Crippen molar-refractivity contribution in [2.24, 2.45) is 0 Å². The summed E-state index contributed by atoms with van der Waals surface area (Å²) >= 11 is 0. The number of ether oxygens (including phenoxy) is 2. The van der Waals surface area contributed by atoms with Crippen LogP contribution in [0.15, 0.2) is 54.6 Å². The number of methoxy groups -OCH3 is 1. The Morgan fingerprint density at radius 3 is 2.31 bits per heavy atom. The molecule has 158 valence electrons. The maximum absolute atomic E-state index is 13.1. The fraction of sp³-hybridized carbons (Fsp3) is 0.409. The fourth-order valence-corrected chi connectivity index (χ4v) is 3.12. The summed E-state index contributed by atoms with van der Waals surface area (Å²) in [4.78, 5) is 14.0. The number of carbonyl (C=O) groups excluding carboxylic acids is 1. The highest BCUT2D eigenvalue weighted by atomic mass is 19.4. The first kappa shape index (κ1) is 22.9. The van der Waals surface area contributed by atoms with Crippen LogP contribution in [0.4, 0.5) is 13.2 Å². The van der Waals surface area contributed by atoms with Crippen LogP contribution in [0.2, 0.25) is 0 Å². The molecule has 0 aliphatic rings. The summed E-state index contributed by atoms with van der Waals surface area (Å²) in [5.74, 6) is -0.394. The third-order valence-corrected chi connectivity index (χ3v) is 4.74. The number of nitrogens with zero attached hydrogens (tertiary/aromatic N) is 1. The lowest BCUT2D eigenvalue weighted by Crippen LogP contribution is -2.37. The van der Waals surface area contributed by atoms with Crippen molar-refractivity contribution in [2.45, 2.75) is 32.2 Å². The average Bonchev–Trinajstić information content (AvgIpc) is 2.71. The summed E-state index contributed by atoms with van der Waals surface area (Å²) < 4.78 is 49.8. The van der Waals surface area contributed by atoms with Gasteiger partial charge in [-0.2, -0.15) is 13.2 Å². The number of rotatable bonds is 9. The third-order valence-electron chi connectivity index (χ3n) is 4.74. The molecule has 0 aliphatic carbocycles. The minimum atomic E-state index is -4.43. The van der Waals surface area contributed by atoms with Gasteiger partial charge >= 0.3 is 12.1 Å². The van der Waals surface area contributed by atoms with Gasteiger partial charge in [0.2, 0.25) is 0 Å². The molecule has 29 heavy (non-hydrogen) atoms. The SMILES string of the molecule is CCOC(=O)CN(CC(OC)c1cccc(C(F)(F)F)c1)[C@H](C)c1ccccc1. The zero-order chi connectivity index (χ0) is 21.4. The van der Waals surface area contributed by atoms with Crippen LogP contribution in [-0.2, 0) is 20.4 Å². The number of hydrogen-bond acceptors (Lipinski definition) is 4. The van der Waals surface area contributed by atoms with Crippen LogP contribution in [0.25, 0.3) is 0 Å². The van der Waals surface area contributed by atoms with Crippen molar-refractivity contribution < 1.29 is 27.4 Å². The number of carbonyl (C=O) groups is 1. The Morgan fingerprint density at radius 2 is 1.72 bits per heavy atom. The third kappa shape index (κ3) is 6.58. The molecule has 2 rings (SSSR count). The molecule has 7 heteroatoms. The van der Waals surface area contributed by atoms with E-state index in [1.807, 2.05) is 42.2 Å². The van der Waals surface area contributed by atoms with E-state index in [1.165, 1.54) is 13.2 Å². The molecule has 0 heterocycles. The Balaban J connectivity index is 2.28. The number of alkyl halides is 3. The van der Waals surface area contributed by atoms with E-state index in [-0.39, 0.29) is 25.7 Å². The van der Waals surface area contributed by atoms with E-state index in [2.05, 4.69) is 0 Å². The Bertz CT molecular complexity index is 780. The minimum absolute atomic E-state index is 0.00270. The van der Waals surface area contributed by atoms with Crippen LogP contribution in [-0.4, -0.2) is 37.7 Å². The first-order valence-corrected chi connectivity index (χ1v) is 9.40. The molecule has 0 N–H and O–H groups in total. The molecule has 0 saturated carbocycles. The van der Waals surface area contributed by atoms with E-state index in [9.17, 15) is 18.0 Å². The van der Waals surface area contributed by atoms with E-state index < -0.39 is 23.8 Å². The van der Waals surface area contributed by atoms with E-state index >= 15 is 0 Å². The van der Waals surface area contributed by atoms with Crippen LogP contribution in [0.3, 0.4) is 0 Å². The standard InChI is InChI=1S/C22H26F3NO3/c1-4-29-21(27)15-26(16(2)17-9-6-5-7-10-17)14-20(28-3)18-11-8-12-19(13-18)22(23,24)25/h5-13,16,20H,4,14-15H2,1-3H3/t16-,20?/m1/s1. The lowest BCUT2D eigenvalue weighted by Gasteiger charge is -2.32. The Hall–Kier alpha value is -2.38. The number of benzene rings is 2. The van der Waals surface area contributed by atoms with E-state index in [0.717, 1.165) is 17.7 Å². The van der Waals surface area contributed by atoms with E-state index in [4.69, 9.17) is 9.47 Å². The van der Waals surface area contributed by atoms with Gasteiger partial charge in [-0.3, -0.25) is 9.69 Å². The van der Waals surface area contributed by atoms with Gasteiger partial charge < -0.3 is 9.47 Å². The van der Waals surface area contributed by atoms with Gasteiger partial charge in [0.25, 0.3) is 0 Å². The quantitative estimate of drug-likeness (QED) is 0.545. The molecule has 0 radical (unpaired) electrons. The monoisotopic (exact) mass is 409 g/mol. The molecular weight excluding hydrogens is 383 g/mol. The second kappa shape index (κ2) is 10.4. The first-order chi connectivity index (χ1) is 13.8. The van der Waals surface area contributed by atoms with Gasteiger partial charge in [0.1, 0.15) is 0 Å². The lowest BCUT2D eigenvalue weighted by molar-refractivity contribution is -0.145. The molecule has 0 aliphatic heterocycles. The van der Waals surface area contributed by atoms with Crippen molar-refractivity contribution in [2.75, 3.05) is 26.8 Å². The van der Waals surface area contributed by atoms with Gasteiger partial charge in [-0.1, -0.05) is 42.5 Å². The second-order valence-corrected chi connectivity index (χ2v) is 6.67. The summed E-state index contributed by atoms with van der Waals surface area (Å²) in [6.07, 6.45) is -5.08. The van der Waals surface area contributed by atoms with Gasteiger partial charge in [0.15, 0.2) is 0 Å². The molecule has 0 spiro atoms. The average molecular weight is 409 g/mol. The molecule has 0 bridgehead atoms.